The average Bonchev–Trinajstić information content (AvgIpc) is 3.40. The van der Waals surface area contributed by atoms with E-state index < -0.39 is 33.9 Å². The number of hydrogen-bond acceptors (Lipinski definition) is 8. The normalized spacial score (nSPS) is 19.3. The van der Waals surface area contributed by atoms with Gasteiger partial charge in [-0.25, -0.2) is 32.3 Å². The Morgan fingerprint density at radius 3 is 1.91 bits per heavy atom. The Kier molecular flexibility index (Phi) is 15.9. The number of fused-ring (bicyclic) bond motifs is 1. The van der Waals surface area contributed by atoms with Gasteiger partial charge in [0.25, 0.3) is 0 Å². The highest BCUT2D eigenvalue weighted by Gasteiger charge is 2.24. The smallest absolute Gasteiger partial charge is 0.328 e. The zero-order valence-electron chi connectivity index (χ0n) is 25.6. The lowest BCUT2D eigenvalue weighted by Crippen LogP contribution is -2.35. The van der Waals surface area contributed by atoms with Crippen LogP contribution in [0.3, 0.4) is 0 Å². The molecule has 0 amide bonds. The van der Waals surface area contributed by atoms with Crippen LogP contribution in [0.4, 0.5) is 0 Å². The number of hydrogen-bond donors (Lipinski definition) is 5. The van der Waals surface area contributed by atoms with Crippen LogP contribution in [0.2, 0.25) is 0 Å². The summed E-state index contributed by atoms with van der Waals surface area (Å²) >= 11 is 0. The van der Waals surface area contributed by atoms with E-state index in [0.717, 1.165) is 38.4 Å². The molecule has 4 rings (SSSR count). The Labute approximate surface area is 264 Å². The standard InChI is InChI=1S/C23H37N3O2S.2C4H4O4/c1-25-14-5-8-22(25)11-13-24-29(27,28)23-10-9-20-12-15-26(18-21(20)16-23)17-19-6-3-2-4-7-19;2*5-3(6)1-2-4(7)8/h9-10,16,19,22,24H,2-8,11-15,17-18H2,1H3;2*1-2H,(H,5,6)(H,7,8)/b;2*2-1+/t22-;;/m0../s1. The van der Waals surface area contributed by atoms with Crippen molar-refractivity contribution in [2.24, 2.45) is 5.92 Å². The lowest BCUT2D eigenvalue weighted by Gasteiger charge is -2.33. The molecule has 0 aromatic heterocycles. The summed E-state index contributed by atoms with van der Waals surface area (Å²) in [6, 6.07) is 6.26. The maximum absolute atomic E-state index is 12.8. The van der Waals surface area contributed by atoms with Crippen molar-refractivity contribution >= 4 is 33.9 Å². The SMILES string of the molecule is CN1CCC[C@H]1CCNS(=O)(=O)c1ccc2c(c1)CN(CC1CCCCC1)CC2.O=C(O)/C=C/C(=O)O.O=C(O)/C=C/C(=O)O. The Morgan fingerprint density at radius 2 is 1.40 bits per heavy atom. The minimum Gasteiger partial charge on any atom is -0.478 e. The fourth-order valence-electron chi connectivity index (χ4n) is 5.72. The van der Waals surface area contributed by atoms with E-state index >= 15 is 0 Å². The van der Waals surface area contributed by atoms with Crippen LogP contribution in [0.15, 0.2) is 47.4 Å². The van der Waals surface area contributed by atoms with Crippen molar-refractivity contribution in [1.29, 1.82) is 0 Å². The van der Waals surface area contributed by atoms with E-state index in [1.165, 1.54) is 62.6 Å². The Hall–Kier alpha value is -3.59. The summed E-state index contributed by atoms with van der Waals surface area (Å²) in [5, 5.41) is 31.2. The second-order valence-corrected chi connectivity index (χ2v) is 13.2. The molecule has 1 aromatic rings. The molecule has 5 N–H and O–H groups in total. The minimum absolute atomic E-state index is 0.426. The van der Waals surface area contributed by atoms with Crippen LogP contribution >= 0.6 is 0 Å². The topological polar surface area (TPSA) is 202 Å². The summed E-state index contributed by atoms with van der Waals surface area (Å²) in [7, 11) is -1.30. The van der Waals surface area contributed by atoms with Gasteiger partial charge in [-0.15, -0.1) is 0 Å². The maximum Gasteiger partial charge on any atom is 0.328 e. The monoisotopic (exact) mass is 651 g/mol. The van der Waals surface area contributed by atoms with Crippen molar-refractivity contribution in [2.45, 2.75) is 75.3 Å². The van der Waals surface area contributed by atoms with Gasteiger partial charge in [-0.3, -0.25) is 4.90 Å². The summed E-state index contributed by atoms with van der Waals surface area (Å²) in [4.78, 5) is 43.5. The zero-order chi connectivity index (χ0) is 33.4. The number of aliphatic carboxylic acids is 4. The lowest BCUT2D eigenvalue weighted by molar-refractivity contribution is -0.134. The van der Waals surface area contributed by atoms with E-state index in [1.54, 1.807) is 6.07 Å². The molecular weight excluding hydrogens is 606 g/mol. The summed E-state index contributed by atoms with van der Waals surface area (Å²) in [5.74, 6) is -4.20. The molecule has 1 saturated carbocycles. The largest absolute Gasteiger partial charge is 0.478 e. The van der Waals surface area contributed by atoms with Crippen molar-refractivity contribution in [3.8, 4) is 0 Å². The number of nitrogens with one attached hydrogen (secondary N) is 1. The average molecular weight is 652 g/mol. The van der Waals surface area contributed by atoms with Crippen molar-refractivity contribution in [1.82, 2.24) is 14.5 Å². The number of nitrogens with zero attached hydrogens (tertiary/aromatic N) is 2. The third kappa shape index (κ3) is 14.8. The number of carboxylic acid groups (broad SMARTS) is 4. The Balaban J connectivity index is 0.000000365. The van der Waals surface area contributed by atoms with E-state index in [2.05, 4.69) is 21.6 Å². The number of benzene rings is 1. The van der Waals surface area contributed by atoms with Gasteiger partial charge in [0.2, 0.25) is 10.0 Å². The fraction of sp³-hybridized carbons (Fsp3) is 0.548. The first-order valence-electron chi connectivity index (χ1n) is 15.1. The van der Waals surface area contributed by atoms with Crippen molar-refractivity contribution in [3.63, 3.8) is 0 Å². The van der Waals surface area contributed by atoms with Crippen LogP contribution in [-0.2, 0) is 42.2 Å². The van der Waals surface area contributed by atoms with Gasteiger partial charge in [0, 0.05) is 56.5 Å². The Morgan fingerprint density at radius 1 is 0.822 bits per heavy atom. The van der Waals surface area contributed by atoms with Crippen LogP contribution in [0.1, 0.15) is 62.5 Å². The first kappa shape index (κ1) is 37.6. The quantitative estimate of drug-likeness (QED) is 0.219. The lowest BCUT2D eigenvalue weighted by atomic mass is 9.88. The van der Waals surface area contributed by atoms with Crippen molar-refractivity contribution < 1.29 is 48.0 Å². The number of likely N-dealkylation sites (tertiary alicyclic amines) is 1. The highest BCUT2D eigenvalue weighted by molar-refractivity contribution is 7.89. The molecule has 45 heavy (non-hydrogen) atoms. The second kappa shape index (κ2) is 19.0. The highest BCUT2D eigenvalue weighted by atomic mass is 32.2. The number of carboxylic acids is 4. The van der Waals surface area contributed by atoms with E-state index in [1.807, 2.05) is 12.1 Å². The van der Waals surface area contributed by atoms with Gasteiger partial charge in [0.15, 0.2) is 0 Å². The van der Waals surface area contributed by atoms with Crippen molar-refractivity contribution in [3.05, 3.63) is 53.6 Å². The van der Waals surface area contributed by atoms with Crippen LogP contribution in [0, 0.1) is 5.92 Å². The number of rotatable bonds is 11. The maximum atomic E-state index is 12.8. The van der Waals surface area contributed by atoms with Crippen LogP contribution in [0.25, 0.3) is 0 Å². The van der Waals surface area contributed by atoms with Gasteiger partial charge >= 0.3 is 23.9 Å². The van der Waals surface area contributed by atoms with Gasteiger partial charge in [-0.2, -0.15) is 0 Å². The molecule has 0 radical (unpaired) electrons. The van der Waals surface area contributed by atoms with Gasteiger partial charge in [-0.05, 0) is 81.3 Å². The van der Waals surface area contributed by atoms with Crippen LogP contribution in [0.5, 0.6) is 0 Å². The second-order valence-electron chi connectivity index (χ2n) is 11.4. The van der Waals surface area contributed by atoms with E-state index in [4.69, 9.17) is 20.4 Å². The van der Waals surface area contributed by atoms with Gasteiger partial charge in [0.1, 0.15) is 0 Å². The molecule has 250 valence electrons. The molecule has 1 aromatic carbocycles. The molecule has 1 saturated heterocycles. The predicted octanol–water partition coefficient (Wildman–Crippen LogP) is 2.81. The summed E-state index contributed by atoms with van der Waals surface area (Å²) < 4.78 is 28.5. The number of sulfonamides is 1. The Bertz CT molecular complexity index is 1260. The number of carbonyl (C=O) groups is 4. The van der Waals surface area contributed by atoms with Crippen LogP contribution in [-0.4, -0.2) is 102 Å². The first-order valence-corrected chi connectivity index (χ1v) is 16.6. The zero-order valence-corrected chi connectivity index (χ0v) is 26.5. The third-order valence-electron chi connectivity index (χ3n) is 8.00. The van der Waals surface area contributed by atoms with Crippen molar-refractivity contribution in [2.75, 3.05) is 33.2 Å². The molecule has 1 atom stereocenters. The molecule has 0 bridgehead atoms. The summed E-state index contributed by atoms with van der Waals surface area (Å²) in [6.45, 7) is 4.80. The minimum atomic E-state index is -3.43. The van der Waals surface area contributed by atoms with E-state index in [0.29, 0.717) is 41.8 Å². The molecule has 14 heteroatoms. The predicted molar refractivity (Wildman–Crippen MR) is 166 cm³/mol. The van der Waals surface area contributed by atoms with E-state index in [9.17, 15) is 27.6 Å². The molecule has 3 aliphatic rings. The fourth-order valence-corrected chi connectivity index (χ4v) is 6.82. The molecule has 0 spiro atoms. The third-order valence-corrected chi connectivity index (χ3v) is 9.46. The molecular formula is C31H45N3O10S. The van der Waals surface area contributed by atoms with Gasteiger partial charge < -0.3 is 25.3 Å². The van der Waals surface area contributed by atoms with Crippen LogP contribution < -0.4 is 4.72 Å². The van der Waals surface area contributed by atoms with Gasteiger partial charge in [0.05, 0.1) is 4.90 Å². The molecule has 2 aliphatic heterocycles. The summed E-state index contributed by atoms with van der Waals surface area (Å²) in [6.07, 6.45) is 13.4. The molecule has 0 unspecified atom stereocenters. The summed E-state index contributed by atoms with van der Waals surface area (Å²) in [5.41, 5.74) is 2.52. The first-order chi connectivity index (χ1) is 21.3. The molecule has 13 nitrogen and oxygen atoms in total. The highest BCUT2D eigenvalue weighted by Crippen LogP contribution is 2.28. The molecule has 1 aliphatic carbocycles. The molecule has 2 heterocycles. The van der Waals surface area contributed by atoms with Gasteiger partial charge in [-0.1, -0.05) is 25.3 Å². The van der Waals surface area contributed by atoms with E-state index in [-0.39, 0.29) is 0 Å². The molecule has 2 fully saturated rings.